The third kappa shape index (κ3) is 8.02. The van der Waals surface area contributed by atoms with Crippen LogP contribution in [0.4, 0.5) is 10.5 Å². The van der Waals surface area contributed by atoms with E-state index in [-0.39, 0.29) is 12.5 Å². The van der Waals surface area contributed by atoms with Gasteiger partial charge < -0.3 is 19.9 Å². The van der Waals surface area contributed by atoms with E-state index in [0.717, 1.165) is 10.4 Å². The van der Waals surface area contributed by atoms with Crippen molar-refractivity contribution in [2.24, 2.45) is 0 Å². The van der Waals surface area contributed by atoms with Crippen molar-refractivity contribution >= 4 is 52.2 Å². The van der Waals surface area contributed by atoms with Crippen molar-refractivity contribution in [2.75, 3.05) is 32.1 Å². The molecule has 0 aliphatic heterocycles. The highest BCUT2D eigenvalue weighted by atomic mass is 35.5. The fourth-order valence-corrected chi connectivity index (χ4v) is 4.34. The summed E-state index contributed by atoms with van der Waals surface area (Å²) in [5, 5.41) is 5.54. The molecule has 0 radical (unpaired) electrons. The number of thiophene rings is 1. The zero-order chi connectivity index (χ0) is 24.3. The molecule has 0 bridgehead atoms. The van der Waals surface area contributed by atoms with Gasteiger partial charge in [-0.25, -0.2) is 4.79 Å². The Bertz CT molecular complexity index is 1060. The van der Waals surface area contributed by atoms with Crippen LogP contribution in [-0.2, 0) is 22.6 Å². The van der Waals surface area contributed by atoms with Gasteiger partial charge in [-0.1, -0.05) is 59.6 Å². The number of hydrogen-bond donors (Lipinski definition) is 1. The first-order valence-corrected chi connectivity index (χ1v) is 12.4. The zero-order valence-corrected chi connectivity index (χ0v) is 21.2. The monoisotopic (exact) mass is 519 g/mol. The molecule has 180 valence electrons. The van der Waals surface area contributed by atoms with Crippen LogP contribution in [-0.4, -0.2) is 48.5 Å². The fraction of sp³-hybridized carbons (Fsp3) is 0.280. The Kier molecular flexibility index (Phi) is 10.2. The van der Waals surface area contributed by atoms with Gasteiger partial charge in [-0.15, -0.1) is 11.3 Å². The molecule has 0 saturated carbocycles. The summed E-state index contributed by atoms with van der Waals surface area (Å²) in [4.78, 5) is 30.8. The highest BCUT2D eigenvalue weighted by molar-refractivity contribution is 7.09. The van der Waals surface area contributed by atoms with E-state index in [1.807, 2.05) is 47.8 Å². The first-order chi connectivity index (χ1) is 16.5. The molecule has 0 aliphatic rings. The smallest absolute Gasteiger partial charge is 0.322 e. The number of carbonyl (C=O) groups is 2. The van der Waals surface area contributed by atoms with Crippen molar-refractivity contribution in [1.29, 1.82) is 0 Å². The van der Waals surface area contributed by atoms with Crippen LogP contribution >= 0.6 is 34.5 Å². The molecule has 1 N–H and O–H groups in total. The van der Waals surface area contributed by atoms with Crippen molar-refractivity contribution < 1.29 is 14.3 Å². The van der Waals surface area contributed by atoms with Gasteiger partial charge in [-0.2, -0.15) is 0 Å². The second kappa shape index (κ2) is 13.3. The number of ether oxygens (including phenoxy) is 1. The number of methoxy groups -OCH3 is 1. The molecule has 3 rings (SSSR count). The van der Waals surface area contributed by atoms with Crippen molar-refractivity contribution in [3.8, 4) is 0 Å². The van der Waals surface area contributed by atoms with E-state index in [1.54, 1.807) is 41.5 Å². The minimum atomic E-state index is -0.390. The highest BCUT2D eigenvalue weighted by Gasteiger charge is 2.22. The maximum atomic E-state index is 13.4. The Hall–Kier alpha value is -2.58. The minimum Gasteiger partial charge on any atom is -0.385 e. The number of nitrogens with one attached hydrogen (secondary N) is 1. The molecule has 34 heavy (non-hydrogen) atoms. The number of nitrogens with zero attached hydrogens (tertiary/aromatic N) is 2. The first-order valence-electron chi connectivity index (χ1n) is 10.8. The van der Waals surface area contributed by atoms with E-state index in [9.17, 15) is 9.59 Å². The Morgan fingerprint density at radius 3 is 2.44 bits per heavy atom. The maximum Gasteiger partial charge on any atom is 0.322 e. The Labute approximate surface area is 214 Å². The number of amides is 3. The molecular weight excluding hydrogens is 493 g/mol. The van der Waals surface area contributed by atoms with Gasteiger partial charge in [-0.3, -0.25) is 4.79 Å². The predicted molar refractivity (Wildman–Crippen MR) is 139 cm³/mol. The second-order valence-corrected chi connectivity index (χ2v) is 9.49. The molecule has 0 atom stereocenters. The predicted octanol–water partition coefficient (Wildman–Crippen LogP) is 6.15. The summed E-state index contributed by atoms with van der Waals surface area (Å²) in [6.45, 7) is 1.72. The Morgan fingerprint density at radius 2 is 1.76 bits per heavy atom. The van der Waals surface area contributed by atoms with Crippen molar-refractivity contribution in [1.82, 2.24) is 9.80 Å². The molecule has 0 saturated heterocycles. The third-order valence-corrected chi connectivity index (χ3v) is 6.66. The zero-order valence-electron chi connectivity index (χ0n) is 18.9. The van der Waals surface area contributed by atoms with Crippen molar-refractivity contribution in [3.63, 3.8) is 0 Å². The number of benzene rings is 2. The molecule has 6 nitrogen and oxygen atoms in total. The van der Waals surface area contributed by atoms with Crippen LogP contribution in [0, 0.1) is 0 Å². The molecule has 3 aromatic rings. The second-order valence-electron chi connectivity index (χ2n) is 7.64. The van der Waals surface area contributed by atoms with Crippen LogP contribution in [0.25, 0.3) is 0 Å². The van der Waals surface area contributed by atoms with Crippen LogP contribution in [0.5, 0.6) is 0 Å². The van der Waals surface area contributed by atoms with Crippen LogP contribution in [0.2, 0.25) is 10.0 Å². The molecular formula is C25H27Cl2N3O3S. The number of halogens is 2. The van der Waals surface area contributed by atoms with Crippen LogP contribution in [0.15, 0.2) is 66.0 Å². The third-order valence-electron chi connectivity index (χ3n) is 5.06. The summed E-state index contributed by atoms with van der Waals surface area (Å²) in [6, 6.07) is 18.3. The van der Waals surface area contributed by atoms with Gasteiger partial charge in [-0.05, 0) is 41.6 Å². The lowest BCUT2D eigenvalue weighted by atomic mass is 10.2. The summed E-state index contributed by atoms with van der Waals surface area (Å²) in [5.41, 5.74) is 1.53. The van der Waals surface area contributed by atoms with E-state index in [4.69, 9.17) is 27.9 Å². The standard InChI is InChI=1S/C25H27Cl2N3O3S/c1-33-13-6-12-29(25(32)28-20-10-11-22(26)23(27)15-20)18-24(31)30(17-21-9-5-14-34-21)16-19-7-3-2-4-8-19/h2-5,7-11,14-15H,6,12-13,16-18H2,1H3,(H,28,32). The van der Waals surface area contributed by atoms with E-state index in [1.165, 1.54) is 4.90 Å². The number of hydrogen-bond acceptors (Lipinski definition) is 4. The highest BCUT2D eigenvalue weighted by Crippen LogP contribution is 2.25. The van der Waals surface area contributed by atoms with Crippen LogP contribution in [0.3, 0.4) is 0 Å². The van der Waals surface area contributed by atoms with Gasteiger partial charge >= 0.3 is 6.03 Å². The molecule has 9 heteroatoms. The average Bonchev–Trinajstić information content (AvgIpc) is 3.34. The van der Waals surface area contributed by atoms with E-state index >= 15 is 0 Å². The topological polar surface area (TPSA) is 61.9 Å². The summed E-state index contributed by atoms with van der Waals surface area (Å²) in [7, 11) is 1.61. The molecule has 0 spiro atoms. The van der Waals surface area contributed by atoms with E-state index in [0.29, 0.717) is 48.4 Å². The number of anilines is 1. The minimum absolute atomic E-state index is 0.0604. The Balaban J connectivity index is 1.74. The van der Waals surface area contributed by atoms with Crippen molar-refractivity contribution in [2.45, 2.75) is 19.5 Å². The van der Waals surface area contributed by atoms with Gasteiger partial charge in [0.2, 0.25) is 5.91 Å². The largest absolute Gasteiger partial charge is 0.385 e. The Morgan fingerprint density at radius 1 is 0.971 bits per heavy atom. The lowest BCUT2D eigenvalue weighted by Crippen LogP contribution is -2.44. The molecule has 2 aromatic carbocycles. The summed E-state index contributed by atoms with van der Waals surface area (Å²) >= 11 is 13.6. The van der Waals surface area contributed by atoms with Gasteiger partial charge in [0.15, 0.2) is 0 Å². The van der Waals surface area contributed by atoms with Gasteiger partial charge in [0, 0.05) is 37.4 Å². The van der Waals surface area contributed by atoms with Gasteiger partial charge in [0.1, 0.15) is 6.54 Å². The normalized spacial score (nSPS) is 10.7. The number of urea groups is 1. The lowest BCUT2D eigenvalue weighted by Gasteiger charge is -2.28. The van der Waals surface area contributed by atoms with E-state index in [2.05, 4.69) is 5.32 Å². The molecule has 0 unspecified atom stereocenters. The molecule has 1 heterocycles. The van der Waals surface area contributed by atoms with Crippen LogP contribution < -0.4 is 5.32 Å². The van der Waals surface area contributed by atoms with E-state index < -0.39 is 6.03 Å². The van der Waals surface area contributed by atoms with Gasteiger partial charge in [0.25, 0.3) is 0 Å². The summed E-state index contributed by atoms with van der Waals surface area (Å²) < 4.78 is 5.14. The molecule has 0 fully saturated rings. The number of rotatable bonds is 11. The first kappa shape index (κ1) is 26.0. The van der Waals surface area contributed by atoms with Gasteiger partial charge in [0.05, 0.1) is 16.6 Å². The maximum absolute atomic E-state index is 13.4. The summed E-state index contributed by atoms with van der Waals surface area (Å²) in [5.74, 6) is -0.140. The summed E-state index contributed by atoms with van der Waals surface area (Å²) in [6.07, 6.45) is 0.599. The van der Waals surface area contributed by atoms with Crippen LogP contribution in [0.1, 0.15) is 16.9 Å². The molecule has 0 aliphatic carbocycles. The quantitative estimate of drug-likeness (QED) is 0.309. The molecule has 3 amide bonds. The number of carbonyl (C=O) groups excluding carboxylic acids is 2. The molecule has 1 aromatic heterocycles. The average molecular weight is 520 g/mol. The SMILES string of the molecule is COCCCN(CC(=O)N(Cc1ccccc1)Cc1cccs1)C(=O)Nc1ccc(Cl)c(Cl)c1. The fourth-order valence-electron chi connectivity index (χ4n) is 3.32. The van der Waals surface area contributed by atoms with Crippen molar-refractivity contribution in [3.05, 3.63) is 86.5 Å². The lowest BCUT2D eigenvalue weighted by molar-refractivity contribution is -0.133.